The van der Waals surface area contributed by atoms with E-state index < -0.39 is 0 Å². The van der Waals surface area contributed by atoms with E-state index in [1.807, 2.05) is 6.07 Å². The van der Waals surface area contributed by atoms with Crippen LogP contribution in [0.4, 0.5) is 11.4 Å². The number of piperidine rings is 1. The SMILES string of the molecule is CC1CCCN(c2c(N)cnc3ccccc23)C1C. The highest BCUT2D eigenvalue weighted by molar-refractivity contribution is 5.97. The molecule has 0 amide bonds. The van der Waals surface area contributed by atoms with Crippen LogP contribution in [-0.2, 0) is 0 Å². The lowest BCUT2D eigenvalue weighted by Gasteiger charge is -2.40. The Hall–Kier alpha value is -1.77. The summed E-state index contributed by atoms with van der Waals surface area (Å²) in [6.07, 6.45) is 4.34. The van der Waals surface area contributed by atoms with Crippen molar-refractivity contribution in [1.29, 1.82) is 0 Å². The minimum atomic E-state index is 0.529. The number of nitrogens with two attached hydrogens (primary N) is 1. The maximum atomic E-state index is 6.22. The van der Waals surface area contributed by atoms with E-state index in [1.54, 1.807) is 6.20 Å². The summed E-state index contributed by atoms with van der Waals surface area (Å²) >= 11 is 0. The molecule has 2 atom stereocenters. The number of nitrogen functional groups attached to an aromatic ring is 1. The van der Waals surface area contributed by atoms with Crippen molar-refractivity contribution in [2.75, 3.05) is 17.2 Å². The number of fused-ring (bicyclic) bond motifs is 1. The molecular weight excluding hydrogens is 234 g/mol. The molecular formula is C16H21N3. The van der Waals surface area contributed by atoms with Gasteiger partial charge in [-0.2, -0.15) is 0 Å². The molecule has 3 heteroatoms. The zero-order chi connectivity index (χ0) is 13.4. The van der Waals surface area contributed by atoms with Crippen LogP contribution >= 0.6 is 0 Å². The normalized spacial score (nSPS) is 23.8. The quantitative estimate of drug-likeness (QED) is 0.848. The zero-order valence-corrected chi connectivity index (χ0v) is 11.6. The number of aromatic nitrogens is 1. The van der Waals surface area contributed by atoms with E-state index in [9.17, 15) is 0 Å². The van der Waals surface area contributed by atoms with Crippen molar-refractivity contribution < 1.29 is 0 Å². The van der Waals surface area contributed by atoms with Gasteiger partial charge in [0.05, 0.1) is 23.1 Å². The summed E-state index contributed by atoms with van der Waals surface area (Å²) < 4.78 is 0. The first-order valence-corrected chi connectivity index (χ1v) is 7.08. The Balaban J connectivity index is 2.15. The summed E-state index contributed by atoms with van der Waals surface area (Å²) in [5.74, 6) is 0.708. The van der Waals surface area contributed by atoms with Crippen molar-refractivity contribution in [3.8, 4) is 0 Å². The molecule has 0 aliphatic carbocycles. The van der Waals surface area contributed by atoms with Crippen molar-refractivity contribution >= 4 is 22.3 Å². The van der Waals surface area contributed by atoms with Crippen LogP contribution in [0.5, 0.6) is 0 Å². The van der Waals surface area contributed by atoms with Crippen molar-refractivity contribution in [2.24, 2.45) is 5.92 Å². The van der Waals surface area contributed by atoms with Crippen LogP contribution in [0.2, 0.25) is 0 Å². The Bertz CT molecular complexity index is 594. The Kier molecular flexibility index (Phi) is 3.05. The van der Waals surface area contributed by atoms with Gasteiger partial charge < -0.3 is 10.6 Å². The minimum absolute atomic E-state index is 0.529. The fourth-order valence-corrected chi connectivity index (χ4v) is 3.11. The molecule has 0 bridgehead atoms. The summed E-state index contributed by atoms with van der Waals surface area (Å²) in [4.78, 5) is 6.89. The molecule has 1 fully saturated rings. The molecule has 2 N–H and O–H groups in total. The van der Waals surface area contributed by atoms with Crippen LogP contribution in [0.15, 0.2) is 30.5 Å². The van der Waals surface area contributed by atoms with Crippen molar-refractivity contribution in [3.05, 3.63) is 30.5 Å². The van der Waals surface area contributed by atoms with E-state index in [2.05, 4.69) is 41.9 Å². The molecule has 0 saturated carbocycles. The largest absolute Gasteiger partial charge is 0.396 e. The molecule has 19 heavy (non-hydrogen) atoms. The standard InChI is InChI=1S/C16H21N3/c1-11-6-5-9-19(12(11)2)16-13-7-3-4-8-15(13)18-10-14(16)17/h3-4,7-8,10-12H,5-6,9,17H2,1-2H3. The third-order valence-electron chi connectivity index (χ3n) is 4.44. The van der Waals surface area contributed by atoms with Gasteiger partial charge in [0, 0.05) is 18.0 Å². The summed E-state index contributed by atoms with van der Waals surface area (Å²) in [7, 11) is 0. The van der Waals surface area contributed by atoms with E-state index in [1.165, 1.54) is 23.9 Å². The minimum Gasteiger partial charge on any atom is -0.396 e. The van der Waals surface area contributed by atoms with E-state index in [0.717, 1.165) is 17.7 Å². The zero-order valence-electron chi connectivity index (χ0n) is 11.6. The predicted octanol–water partition coefficient (Wildman–Crippen LogP) is 3.44. The smallest absolute Gasteiger partial charge is 0.0745 e. The van der Waals surface area contributed by atoms with Gasteiger partial charge >= 0.3 is 0 Å². The van der Waals surface area contributed by atoms with Gasteiger partial charge in [-0.05, 0) is 31.7 Å². The Labute approximate surface area is 114 Å². The average Bonchev–Trinajstić information content (AvgIpc) is 2.43. The van der Waals surface area contributed by atoms with Gasteiger partial charge in [-0.3, -0.25) is 4.98 Å². The van der Waals surface area contributed by atoms with Gasteiger partial charge in [-0.25, -0.2) is 0 Å². The highest BCUT2D eigenvalue weighted by Gasteiger charge is 2.27. The molecule has 2 aromatic rings. The third-order valence-corrected chi connectivity index (χ3v) is 4.44. The lowest BCUT2D eigenvalue weighted by Crippen LogP contribution is -2.42. The fraction of sp³-hybridized carbons (Fsp3) is 0.438. The van der Waals surface area contributed by atoms with Gasteiger partial charge in [0.25, 0.3) is 0 Å². The van der Waals surface area contributed by atoms with E-state index in [-0.39, 0.29) is 0 Å². The molecule has 1 aliphatic rings. The monoisotopic (exact) mass is 255 g/mol. The molecule has 1 aromatic heterocycles. The molecule has 100 valence electrons. The van der Waals surface area contributed by atoms with Crippen molar-refractivity contribution in [3.63, 3.8) is 0 Å². The Morgan fingerprint density at radius 3 is 2.89 bits per heavy atom. The average molecular weight is 255 g/mol. The molecule has 2 heterocycles. The number of hydrogen-bond donors (Lipinski definition) is 1. The number of anilines is 2. The summed E-state index contributed by atoms with van der Waals surface area (Å²) in [6.45, 7) is 5.72. The summed E-state index contributed by atoms with van der Waals surface area (Å²) in [5.41, 5.74) is 9.21. The van der Waals surface area contributed by atoms with Gasteiger partial charge in [0.1, 0.15) is 0 Å². The van der Waals surface area contributed by atoms with Crippen LogP contribution in [0, 0.1) is 5.92 Å². The molecule has 1 aliphatic heterocycles. The summed E-state index contributed by atoms with van der Waals surface area (Å²) in [5, 5.41) is 1.17. The Morgan fingerprint density at radius 1 is 1.26 bits per heavy atom. The molecule has 1 aromatic carbocycles. The molecule has 1 saturated heterocycles. The van der Waals surface area contributed by atoms with Gasteiger partial charge in [-0.1, -0.05) is 25.1 Å². The number of para-hydroxylation sites is 1. The lowest BCUT2D eigenvalue weighted by molar-refractivity contribution is 0.364. The third kappa shape index (κ3) is 2.03. The highest BCUT2D eigenvalue weighted by Crippen LogP contribution is 2.36. The number of hydrogen-bond acceptors (Lipinski definition) is 3. The Morgan fingerprint density at radius 2 is 2.05 bits per heavy atom. The van der Waals surface area contributed by atoms with E-state index >= 15 is 0 Å². The highest BCUT2D eigenvalue weighted by atomic mass is 15.2. The van der Waals surface area contributed by atoms with Gasteiger partial charge in [0.2, 0.25) is 0 Å². The fourth-order valence-electron chi connectivity index (χ4n) is 3.11. The van der Waals surface area contributed by atoms with Crippen LogP contribution < -0.4 is 10.6 Å². The van der Waals surface area contributed by atoms with Crippen LogP contribution in [-0.4, -0.2) is 17.6 Å². The van der Waals surface area contributed by atoms with Gasteiger partial charge in [0.15, 0.2) is 0 Å². The number of pyridine rings is 1. The number of rotatable bonds is 1. The molecule has 3 rings (SSSR count). The second-order valence-corrected chi connectivity index (χ2v) is 5.63. The first-order valence-electron chi connectivity index (χ1n) is 7.08. The van der Waals surface area contributed by atoms with Crippen LogP contribution in [0.3, 0.4) is 0 Å². The molecule has 2 unspecified atom stereocenters. The van der Waals surface area contributed by atoms with E-state index in [4.69, 9.17) is 5.73 Å². The lowest BCUT2D eigenvalue weighted by atomic mass is 9.91. The van der Waals surface area contributed by atoms with Crippen LogP contribution in [0.1, 0.15) is 26.7 Å². The van der Waals surface area contributed by atoms with Gasteiger partial charge in [-0.15, -0.1) is 0 Å². The second kappa shape index (κ2) is 4.72. The number of benzene rings is 1. The van der Waals surface area contributed by atoms with Crippen LogP contribution in [0.25, 0.3) is 10.9 Å². The number of nitrogens with zero attached hydrogens (tertiary/aromatic N) is 2. The molecule has 0 spiro atoms. The topological polar surface area (TPSA) is 42.1 Å². The van der Waals surface area contributed by atoms with E-state index in [0.29, 0.717) is 12.0 Å². The first kappa shape index (κ1) is 12.3. The van der Waals surface area contributed by atoms with Crippen molar-refractivity contribution in [1.82, 2.24) is 4.98 Å². The molecule has 0 radical (unpaired) electrons. The second-order valence-electron chi connectivity index (χ2n) is 5.63. The predicted molar refractivity (Wildman–Crippen MR) is 81.4 cm³/mol. The maximum absolute atomic E-state index is 6.22. The maximum Gasteiger partial charge on any atom is 0.0745 e. The summed E-state index contributed by atoms with van der Waals surface area (Å²) in [6, 6.07) is 8.79. The first-order chi connectivity index (χ1) is 9.18. The molecule has 3 nitrogen and oxygen atoms in total. The van der Waals surface area contributed by atoms with Crippen molar-refractivity contribution in [2.45, 2.75) is 32.7 Å².